The zero-order valence-electron chi connectivity index (χ0n) is 39.8. The Balaban J connectivity index is 1.98. The van der Waals surface area contributed by atoms with E-state index in [1.807, 2.05) is 0 Å². The summed E-state index contributed by atoms with van der Waals surface area (Å²) in [7, 11) is 0. The summed E-state index contributed by atoms with van der Waals surface area (Å²) >= 11 is 0. The molecule has 0 aromatic carbocycles. The first-order valence-corrected chi connectivity index (χ1v) is 23.2. The van der Waals surface area contributed by atoms with Gasteiger partial charge in [-0.1, -0.05) is 27.7 Å². The number of aliphatic hydroxyl groups is 1. The van der Waals surface area contributed by atoms with E-state index >= 15 is 0 Å². The molecular formula is C43H74N12O13. The van der Waals surface area contributed by atoms with E-state index in [1.54, 1.807) is 27.7 Å². The number of hydrogen-bond donors (Lipinski definition) is 13. The van der Waals surface area contributed by atoms with E-state index in [9.17, 15) is 63.0 Å². The van der Waals surface area contributed by atoms with Crippen LogP contribution in [-0.4, -0.2) is 168 Å². The SMILES string of the molecule is CC(C)C[C@H](NC(=O)CNC(=O)[C@H](CC(C)C)NC(=O)[C@H](CCC(N)=O)NC(=O)CNC(=O)[C@@H]1C[C@@H](CO)CN1)C(=O)N[C@@H](C)C(=O)NCC(=O)N1CCC[C@H]1C(=O)N[C@@H](CCCCN)C(=O)O. The molecule has 25 heteroatoms. The first-order chi connectivity index (χ1) is 32.1. The standard InChI is InChI=1S/C43H74N12O13/c1-23(2)15-30(54-40(64)27(11-12-33(45)57)51-34(58)19-47-38(62)29-17-26(22-56)18-46-29)39(63)48-20-35(59)52-31(16-24(3)4)41(65)50-25(5)37(61)49-21-36(60)55-14-8-10-32(55)42(66)53-28(43(67)68)9-6-7-13-44/h23-32,46,56H,6-22,44H2,1-5H3,(H2,45,57)(H,47,62)(H,48,63)(H,49,61)(H,50,65)(H,51,58)(H,52,59)(H,53,66)(H,54,64)(H,67,68)/t25-,26+,27-,28-,29-,30-,31-,32-/m0/s1. The maximum Gasteiger partial charge on any atom is 0.326 e. The van der Waals surface area contributed by atoms with Crippen LogP contribution in [0.1, 0.15) is 98.8 Å². The lowest BCUT2D eigenvalue weighted by molar-refractivity contribution is -0.144. The molecule has 8 atom stereocenters. The smallest absolute Gasteiger partial charge is 0.326 e. The maximum atomic E-state index is 13.5. The lowest BCUT2D eigenvalue weighted by Crippen LogP contribution is -2.57. The fourth-order valence-electron chi connectivity index (χ4n) is 7.61. The molecule has 0 aliphatic carbocycles. The number of primary amides is 1. The maximum absolute atomic E-state index is 13.5. The first-order valence-electron chi connectivity index (χ1n) is 23.2. The van der Waals surface area contributed by atoms with Gasteiger partial charge in [0, 0.05) is 26.1 Å². The molecule has 2 fully saturated rings. The van der Waals surface area contributed by atoms with Crippen molar-refractivity contribution in [1.82, 2.24) is 52.8 Å². The summed E-state index contributed by atoms with van der Waals surface area (Å²) in [6, 6.07) is -7.60. The second-order valence-corrected chi connectivity index (χ2v) is 18.1. The van der Waals surface area contributed by atoms with Crippen molar-refractivity contribution in [3.8, 4) is 0 Å². The second-order valence-electron chi connectivity index (χ2n) is 18.1. The van der Waals surface area contributed by atoms with Gasteiger partial charge >= 0.3 is 5.97 Å². The van der Waals surface area contributed by atoms with E-state index in [1.165, 1.54) is 11.8 Å². The number of carboxylic acids is 1. The summed E-state index contributed by atoms with van der Waals surface area (Å²) in [6.45, 7) is 7.78. The van der Waals surface area contributed by atoms with Crippen LogP contribution in [-0.2, 0) is 52.7 Å². The van der Waals surface area contributed by atoms with Gasteiger partial charge in [0.25, 0.3) is 0 Å². The molecule has 0 saturated carbocycles. The number of nitrogens with one attached hydrogen (secondary N) is 9. The molecule has 25 nitrogen and oxygen atoms in total. The highest BCUT2D eigenvalue weighted by molar-refractivity contribution is 5.97. The molecule has 0 aromatic rings. The average molecular weight is 967 g/mol. The third-order valence-corrected chi connectivity index (χ3v) is 11.3. The number of hydrogen-bond acceptors (Lipinski definition) is 14. The van der Waals surface area contributed by atoms with Crippen LogP contribution >= 0.6 is 0 Å². The topological polar surface area (TPSA) is 392 Å². The van der Waals surface area contributed by atoms with Gasteiger partial charge in [-0.2, -0.15) is 0 Å². The minimum atomic E-state index is -1.34. The lowest BCUT2D eigenvalue weighted by Gasteiger charge is -2.26. The van der Waals surface area contributed by atoms with Crippen LogP contribution in [0.2, 0.25) is 0 Å². The minimum absolute atomic E-state index is 0.0933. The molecule has 68 heavy (non-hydrogen) atoms. The summed E-state index contributed by atoms with van der Waals surface area (Å²) in [6.07, 6.45) is 2.09. The van der Waals surface area contributed by atoms with E-state index < -0.39 is 127 Å². The number of nitrogens with zero attached hydrogens (tertiary/aromatic N) is 1. The predicted molar refractivity (Wildman–Crippen MR) is 244 cm³/mol. The number of carboxylic acid groups (broad SMARTS) is 1. The van der Waals surface area contributed by atoms with Crippen molar-refractivity contribution < 1.29 is 63.0 Å². The molecular weight excluding hydrogens is 893 g/mol. The molecule has 2 heterocycles. The van der Waals surface area contributed by atoms with E-state index in [0.717, 1.165) is 0 Å². The van der Waals surface area contributed by atoms with Crippen molar-refractivity contribution in [1.29, 1.82) is 0 Å². The molecule has 2 saturated heterocycles. The minimum Gasteiger partial charge on any atom is -0.480 e. The zero-order valence-corrected chi connectivity index (χ0v) is 39.8. The Morgan fingerprint density at radius 3 is 1.84 bits per heavy atom. The average Bonchev–Trinajstić information content (AvgIpc) is 3.98. The molecule has 0 unspecified atom stereocenters. The fourth-order valence-corrected chi connectivity index (χ4v) is 7.61. The van der Waals surface area contributed by atoms with Crippen LogP contribution in [0.3, 0.4) is 0 Å². The van der Waals surface area contributed by atoms with Gasteiger partial charge in [0.1, 0.15) is 36.3 Å². The lowest BCUT2D eigenvalue weighted by atomic mass is 10.0. The monoisotopic (exact) mass is 967 g/mol. The number of unbranched alkanes of at least 4 members (excludes halogenated alkanes) is 1. The van der Waals surface area contributed by atoms with Gasteiger partial charge in [0.05, 0.1) is 25.7 Å². The summed E-state index contributed by atoms with van der Waals surface area (Å²) in [5.41, 5.74) is 10.8. The van der Waals surface area contributed by atoms with E-state index in [4.69, 9.17) is 11.5 Å². The Labute approximate surface area is 396 Å². The largest absolute Gasteiger partial charge is 0.480 e. The quantitative estimate of drug-likeness (QED) is 0.0301. The normalized spacial score (nSPS) is 18.8. The molecule has 0 bridgehead atoms. The number of amides is 10. The molecule has 2 rings (SSSR count). The van der Waals surface area contributed by atoms with Crippen LogP contribution < -0.4 is 59.3 Å². The van der Waals surface area contributed by atoms with Gasteiger partial charge in [-0.15, -0.1) is 0 Å². The number of rotatable bonds is 30. The first kappa shape index (κ1) is 58.2. The van der Waals surface area contributed by atoms with Gasteiger partial charge in [-0.05, 0) is 89.0 Å². The van der Waals surface area contributed by atoms with Gasteiger partial charge in [-0.3, -0.25) is 47.9 Å². The van der Waals surface area contributed by atoms with Gasteiger partial charge in [-0.25, -0.2) is 4.79 Å². The van der Waals surface area contributed by atoms with Crippen molar-refractivity contribution in [2.45, 2.75) is 141 Å². The van der Waals surface area contributed by atoms with Crippen molar-refractivity contribution in [3.05, 3.63) is 0 Å². The second kappa shape index (κ2) is 29.7. The Morgan fingerprint density at radius 1 is 0.676 bits per heavy atom. The number of likely N-dealkylation sites (tertiary alicyclic amines) is 1. The number of aliphatic hydroxyl groups excluding tert-OH is 1. The van der Waals surface area contributed by atoms with Gasteiger partial charge in [0.15, 0.2) is 0 Å². The summed E-state index contributed by atoms with van der Waals surface area (Å²) in [5.74, 6) is -8.65. The molecule has 2 aliphatic rings. The molecule has 0 spiro atoms. The molecule has 384 valence electrons. The van der Waals surface area contributed by atoms with Crippen molar-refractivity contribution >= 4 is 65.0 Å². The van der Waals surface area contributed by atoms with E-state index in [2.05, 4.69) is 47.9 Å². The number of nitrogens with two attached hydrogens (primary N) is 2. The van der Waals surface area contributed by atoms with Crippen LogP contribution in [0.4, 0.5) is 0 Å². The van der Waals surface area contributed by atoms with E-state index in [0.29, 0.717) is 45.2 Å². The highest BCUT2D eigenvalue weighted by atomic mass is 16.4. The highest BCUT2D eigenvalue weighted by Crippen LogP contribution is 2.18. The summed E-state index contributed by atoms with van der Waals surface area (Å²) in [5, 5.41) is 41.8. The number of carbonyl (C=O) groups excluding carboxylic acids is 10. The Hall–Kier alpha value is -5.95. The number of carbonyl (C=O) groups is 11. The van der Waals surface area contributed by atoms with Gasteiger partial charge in [0.2, 0.25) is 59.1 Å². The molecule has 0 radical (unpaired) electrons. The Bertz CT molecular complexity index is 1780. The number of aliphatic carboxylic acids is 1. The third kappa shape index (κ3) is 20.9. The molecule has 15 N–H and O–H groups in total. The third-order valence-electron chi connectivity index (χ3n) is 11.3. The fraction of sp³-hybridized carbons (Fsp3) is 0.744. The van der Waals surface area contributed by atoms with Crippen LogP contribution in [0.25, 0.3) is 0 Å². The molecule has 2 aliphatic heterocycles. The van der Waals surface area contributed by atoms with Crippen molar-refractivity contribution in [2.75, 3.05) is 45.9 Å². The van der Waals surface area contributed by atoms with Crippen molar-refractivity contribution in [3.63, 3.8) is 0 Å². The van der Waals surface area contributed by atoms with Gasteiger partial charge < -0.3 is 74.4 Å². The predicted octanol–water partition coefficient (Wildman–Crippen LogP) is -4.69. The molecule has 10 amide bonds. The van der Waals surface area contributed by atoms with Crippen LogP contribution in [0.5, 0.6) is 0 Å². The summed E-state index contributed by atoms with van der Waals surface area (Å²) in [4.78, 5) is 142. The van der Waals surface area contributed by atoms with Crippen LogP contribution in [0, 0.1) is 17.8 Å². The molecule has 0 aromatic heterocycles. The van der Waals surface area contributed by atoms with Crippen molar-refractivity contribution in [2.24, 2.45) is 29.2 Å². The highest BCUT2D eigenvalue weighted by Gasteiger charge is 2.37. The van der Waals surface area contributed by atoms with Crippen LogP contribution in [0.15, 0.2) is 0 Å². The Morgan fingerprint density at radius 2 is 1.26 bits per heavy atom. The zero-order chi connectivity index (χ0) is 51.1. The summed E-state index contributed by atoms with van der Waals surface area (Å²) < 4.78 is 0. The Kier molecular flexibility index (Phi) is 25.4. The van der Waals surface area contributed by atoms with E-state index in [-0.39, 0.29) is 63.0 Å².